The van der Waals surface area contributed by atoms with E-state index in [1.807, 2.05) is 0 Å². The van der Waals surface area contributed by atoms with Gasteiger partial charge in [-0.2, -0.15) is 12.6 Å². The van der Waals surface area contributed by atoms with E-state index in [0.717, 1.165) is 7.11 Å². The molecule has 1 saturated heterocycles. The normalized spacial score (nSPS) is 35.8. The maximum atomic E-state index is 14.3. The van der Waals surface area contributed by atoms with Gasteiger partial charge < -0.3 is 40.3 Å². The number of ether oxygens (including phenoxy) is 2. The van der Waals surface area contributed by atoms with Gasteiger partial charge in [-0.1, -0.05) is 0 Å². The van der Waals surface area contributed by atoms with Gasteiger partial charge in [-0.25, -0.2) is 9.18 Å². The summed E-state index contributed by atoms with van der Waals surface area (Å²) in [5.74, 6) is -6.01. The number of aliphatic hydroxyl groups is 5. The van der Waals surface area contributed by atoms with Crippen LogP contribution in [0.5, 0.6) is 0 Å². The zero-order valence-corrected chi connectivity index (χ0v) is 13.5. The molecule has 0 aromatic carbocycles. The summed E-state index contributed by atoms with van der Waals surface area (Å²) >= 11 is 3.69. The lowest BCUT2D eigenvalue weighted by atomic mass is 9.87. The second kappa shape index (κ2) is 8.38. The first-order valence-electron chi connectivity index (χ1n) is 6.82. The molecule has 1 unspecified atom stereocenters. The Morgan fingerprint density at radius 3 is 2.50 bits per heavy atom. The van der Waals surface area contributed by atoms with E-state index in [0.29, 0.717) is 0 Å². The van der Waals surface area contributed by atoms with Crippen LogP contribution < -0.4 is 5.32 Å². The Morgan fingerprint density at radius 2 is 2.04 bits per heavy atom. The van der Waals surface area contributed by atoms with Gasteiger partial charge in [0.25, 0.3) is 0 Å². The van der Waals surface area contributed by atoms with E-state index in [1.54, 1.807) is 0 Å². The molecule has 10 nitrogen and oxygen atoms in total. The number of carbonyl (C=O) groups is 2. The van der Waals surface area contributed by atoms with Crippen LogP contribution >= 0.6 is 12.6 Å². The van der Waals surface area contributed by atoms with Crippen LogP contribution in [-0.2, 0) is 19.1 Å². The summed E-state index contributed by atoms with van der Waals surface area (Å²) in [6.45, 7) is -0.944. The van der Waals surface area contributed by atoms with Crippen molar-refractivity contribution in [2.75, 3.05) is 19.5 Å². The lowest BCUT2D eigenvalue weighted by Crippen LogP contribution is -2.72. The van der Waals surface area contributed by atoms with Crippen LogP contribution in [0.2, 0.25) is 0 Å². The smallest absolute Gasteiger partial charge is 0.369 e. The number of hydrogen-bond acceptors (Lipinski definition) is 10. The van der Waals surface area contributed by atoms with Gasteiger partial charge in [0.2, 0.25) is 5.91 Å². The molecule has 6 N–H and O–H groups in total. The fourth-order valence-electron chi connectivity index (χ4n) is 2.27. The van der Waals surface area contributed by atoms with Crippen molar-refractivity contribution in [3.63, 3.8) is 0 Å². The van der Waals surface area contributed by atoms with Crippen LogP contribution in [0.3, 0.4) is 0 Å². The van der Waals surface area contributed by atoms with Gasteiger partial charge in [0.05, 0.1) is 25.5 Å². The zero-order valence-electron chi connectivity index (χ0n) is 12.6. The van der Waals surface area contributed by atoms with Crippen molar-refractivity contribution >= 4 is 24.5 Å². The Bertz CT molecular complexity index is 470. The molecular formula is C12H20FNO9S. The molecule has 12 heteroatoms. The number of rotatable bonds is 6. The van der Waals surface area contributed by atoms with Gasteiger partial charge in [-0.15, -0.1) is 0 Å². The molecule has 0 aliphatic carbocycles. The summed E-state index contributed by atoms with van der Waals surface area (Å²) in [6, 6.07) is -1.65. The molecule has 24 heavy (non-hydrogen) atoms. The standard InChI is InChI=1S/C12H20FNO9S/c1-22-11(20)12(21)10(13)8(19)6(14-5(17)3-24)9(23-12)7(18)4(16)2-15/h4,6-10,15-16,18-19,21,24H,2-3H2,1H3,(H,14,17)/t4-,6-,7-,8-,9-,10-,12?/m1/s1. The Hall–Kier alpha value is -1.02. The van der Waals surface area contributed by atoms with Crippen molar-refractivity contribution in [2.45, 2.75) is 42.4 Å². The minimum Gasteiger partial charge on any atom is -0.465 e. The highest BCUT2D eigenvalue weighted by Gasteiger charge is 2.61. The van der Waals surface area contributed by atoms with Gasteiger partial charge in [0.15, 0.2) is 6.17 Å². The summed E-state index contributed by atoms with van der Waals surface area (Å²) in [5.41, 5.74) is 0. The van der Waals surface area contributed by atoms with Crippen molar-refractivity contribution in [3.8, 4) is 0 Å². The number of alkyl halides is 1. The predicted molar refractivity (Wildman–Crippen MR) is 77.6 cm³/mol. The Kier molecular flexibility index (Phi) is 7.34. The minimum absolute atomic E-state index is 0.354. The van der Waals surface area contributed by atoms with Crippen LogP contribution in [0.25, 0.3) is 0 Å². The van der Waals surface area contributed by atoms with Gasteiger partial charge in [-0.05, 0) is 0 Å². The fraction of sp³-hybridized carbons (Fsp3) is 0.833. The largest absolute Gasteiger partial charge is 0.465 e. The summed E-state index contributed by atoms with van der Waals surface area (Å²) < 4.78 is 23.3. The van der Waals surface area contributed by atoms with Crippen LogP contribution in [-0.4, -0.2) is 99.3 Å². The quantitative estimate of drug-likeness (QED) is 0.182. The monoisotopic (exact) mass is 373 g/mol. The molecule has 7 atom stereocenters. The lowest BCUT2D eigenvalue weighted by Gasteiger charge is -2.46. The summed E-state index contributed by atoms with van der Waals surface area (Å²) in [5, 5.41) is 50.6. The first-order valence-corrected chi connectivity index (χ1v) is 7.45. The first kappa shape index (κ1) is 21.0. The van der Waals surface area contributed by atoms with Crippen molar-refractivity contribution in [1.29, 1.82) is 0 Å². The average Bonchev–Trinajstić information content (AvgIpc) is 2.59. The third kappa shape index (κ3) is 3.96. The second-order valence-corrected chi connectivity index (χ2v) is 5.47. The molecule has 0 aromatic heterocycles. The highest BCUT2D eigenvalue weighted by molar-refractivity contribution is 7.81. The number of nitrogens with one attached hydrogen (secondary N) is 1. The molecule has 0 radical (unpaired) electrons. The molecule has 0 aromatic rings. The zero-order chi connectivity index (χ0) is 18.7. The van der Waals surface area contributed by atoms with Crippen molar-refractivity contribution in [2.24, 2.45) is 0 Å². The Labute approximate surface area is 141 Å². The average molecular weight is 373 g/mol. The highest BCUT2D eigenvalue weighted by Crippen LogP contribution is 2.33. The number of aliphatic hydroxyl groups excluding tert-OH is 4. The fourth-order valence-corrected chi connectivity index (χ4v) is 2.36. The maximum Gasteiger partial charge on any atom is 0.369 e. The molecule has 1 rings (SSSR count). The lowest BCUT2D eigenvalue weighted by molar-refractivity contribution is -0.321. The Morgan fingerprint density at radius 1 is 1.46 bits per heavy atom. The molecule has 1 heterocycles. The molecule has 0 spiro atoms. The summed E-state index contributed by atoms with van der Waals surface area (Å²) in [4.78, 5) is 23.1. The van der Waals surface area contributed by atoms with Gasteiger partial charge in [-0.3, -0.25) is 4.79 Å². The first-order chi connectivity index (χ1) is 11.1. The van der Waals surface area contributed by atoms with E-state index in [-0.39, 0.29) is 5.75 Å². The predicted octanol–water partition coefficient (Wildman–Crippen LogP) is -3.93. The number of thiol groups is 1. The van der Waals surface area contributed by atoms with E-state index in [9.17, 15) is 34.4 Å². The SMILES string of the molecule is COC(=O)C1(O)O[C@@H]([C@H](O)[C@H](O)CO)[C@H](NC(=O)CS)[C@@H](O)[C@H]1F. The molecule has 0 bridgehead atoms. The molecular weight excluding hydrogens is 353 g/mol. The summed E-state index contributed by atoms with van der Waals surface area (Å²) in [6.07, 6.45) is -10.6. The number of carbonyl (C=O) groups excluding carboxylic acids is 2. The highest BCUT2D eigenvalue weighted by atomic mass is 32.1. The summed E-state index contributed by atoms with van der Waals surface area (Å²) in [7, 11) is 0.825. The molecule has 1 aliphatic rings. The topological polar surface area (TPSA) is 166 Å². The van der Waals surface area contributed by atoms with E-state index >= 15 is 0 Å². The second-order valence-electron chi connectivity index (χ2n) is 5.15. The van der Waals surface area contributed by atoms with Gasteiger partial charge >= 0.3 is 11.8 Å². The maximum absolute atomic E-state index is 14.3. The van der Waals surface area contributed by atoms with Crippen molar-refractivity contribution < 1.29 is 49.0 Å². The van der Waals surface area contributed by atoms with Crippen molar-refractivity contribution in [1.82, 2.24) is 5.32 Å². The van der Waals surface area contributed by atoms with E-state index < -0.39 is 60.9 Å². The van der Waals surface area contributed by atoms with E-state index in [4.69, 9.17) is 9.84 Å². The third-order valence-corrected chi connectivity index (χ3v) is 3.87. The Balaban J connectivity index is 3.22. The van der Waals surface area contributed by atoms with Crippen LogP contribution in [0, 0.1) is 0 Å². The van der Waals surface area contributed by atoms with Crippen LogP contribution in [0.15, 0.2) is 0 Å². The third-order valence-electron chi connectivity index (χ3n) is 3.58. The van der Waals surface area contributed by atoms with E-state index in [1.165, 1.54) is 0 Å². The number of esters is 1. The number of halogens is 1. The number of amides is 1. The minimum atomic E-state index is -3.28. The number of methoxy groups -OCH3 is 1. The van der Waals surface area contributed by atoms with Gasteiger partial charge in [0.1, 0.15) is 24.4 Å². The molecule has 1 aliphatic heterocycles. The van der Waals surface area contributed by atoms with E-state index in [2.05, 4.69) is 22.7 Å². The molecule has 1 fully saturated rings. The molecule has 0 saturated carbocycles. The van der Waals surface area contributed by atoms with Crippen molar-refractivity contribution in [3.05, 3.63) is 0 Å². The molecule has 140 valence electrons. The molecule has 1 amide bonds. The van der Waals surface area contributed by atoms with Crippen LogP contribution in [0.4, 0.5) is 4.39 Å². The number of hydrogen-bond donors (Lipinski definition) is 7. The van der Waals surface area contributed by atoms with Gasteiger partial charge in [0, 0.05) is 0 Å². The van der Waals surface area contributed by atoms with Crippen LogP contribution in [0.1, 0.15) is 0 Å².